The molecule has 1 heterocycles. The molecule has 3 fully saturated rings. The van der Waals surface area contributed by atoms with Crippen molar-refractivity contribution < 1.29 is 9.59 Å². The summed E-state index contributed by atoms with van der Waals surface area (Å²) in [5.74, 6) is 1.02. The summed E-state index contributed by atoms with van der Waals surface area (Å²) in [6.07, 6.45) is 5.10. The van der Waals surface area contributed by atoms with Gasteiger partial charge in [0, 0.05) is 6.54 Å². The molecule has 0 aromatic carbocycles. The fourth-order valence-electron chi connectivity index (χ4n) is 3.09. The molecule has 3 rings (SSSR count). The molecule has 2 aliphatic carbocycles. The predicted octanol–water partition coefficient (Wildman–Crippen LogP) is 1.48. The first kappa shape index (κ1) is 10.6. The third kappa shape index (κ3) is 1.42. The molecule has 0 aromatic rings. The van der Waals surface area contributed by atoms with Crippen molar-refractivity contribution in [3.63, 3.8) is 0 Å². The van der Waals surface area contributed by atoms with Crippen LogP contribution in [0.4, 0.5) is 0 Å². The van der Waals surface area contributed by atoms with E-state index < -0.39 is 0 Å². The van der Waals surface area contributed by atoms with Crippen molar-refractivity contribution in [2.45, 2.75) is 32.1 Å². The topological polar surface area (TPSA) is 37.4 Å². The average Bonchev–Trinajstić information content (AvgIpc) is 2.83. The number of thiol groups is 1. The Labute approximate surface area is 101 Å². The van der Waals surface area contributed by atoms with Gasteiger partial charge in [0.15, 0.2) is 0 Å². The molecule has 3 nitrogen and oxygen atoms in total. The zero-order valence-corrected chi connectivity index (χ0v) is 10.2. The van der Waals surface area contributed by atoms with Crippen molar-refractivity contribution in [1.29, 1.82) is 0 Å². The van der Waals surface area contributed by atoms with Gasteiger partial charge in [-0.1, -0.05) is 6.42 Å². The minimum Gasteiger partial charge on any atom is -0.282 e. The first-order valence-electron chi connectivity index (χ1n) is 6.13. The Morgan fingerprint density at radius 2 is 1.75 bits per heavy atom. The molecule has 2 unspecified atom stereocenters. The third-order valence-corrected chi connectivity index (χ3v) is 5.14. The summed E-state index contributed by atoms with van der Waals surface area (Å²) >= 11 is 4.33. The number of carbonyl (C=O) groups is 2. The highest BCUT2D eigenvalue weighted by Gasteiger charge is 2.53. The van der Waals surface area contributed by atoms with Gasteiger partial charge in [0.05, 0.1) is 11.8 Å². The van der Waals surface area contributed by atoms with Crippen molar-refractivity contribution in [2.24, 2.45) is 17.3 Å². The van der Waals surface area contributed by atoms with Gasteiger partial charge >= 0.3 is 0 Å². The smallest absolute Gasteiger partial charge is 0.233 e. The highest BCUT2D eigenvalue weighted by Crippen LogP contribution is 2.49. The largest absolute Gasteiger partial charge is 0.282 e. The molecular weight excluding hydrogens is 222 g/mol. The van der Waals surface area contributed by atoms with Crippen LogP contribution >= 0.6 is 12.6 Å². The number of rotatable bonds is 3. The monoisotopic (exact) mass is 239 g/mol. The van der Waals surface area contributed by atoms with Crippen LogP contribution in [0.3, 0.4) is 0 Å². The van der Waals surface area contributed by atoms with Gasteiger partial charge in [-0.3, -0.25) is 14.5 Å². The molecule has 0 N–H and O–H groups in total. The van der Waals surface area contributed by atoms with Crippen molar-refractivity contribution in [2.75, 3.05) is 12.3 Å². The minimum atomic E-state index is 0.0169. The van der Waals surface area contributed by atoms with Gasteiger partial charge in [-0.25, -0.2) is 0 Å². The molecule has 0 radical (unpaired) electrons. The van der Waals surface area contributed by atoms with Gasteiger partial charge in [-0.2, -0.15) is 12.6 Å². The van der Waals surface area contributed by atoms with E-state index in [9.17, 15) is 9.59 Å². The summed E-state index contributed by atoms with van der Waals surface area (Å²) in [6.45, 7) is 0.626. The van der Waals surface area contributed by atoms with Crippen LogP contribution in [0.1, 0.15) is 32.1 Å². The minimum absolute atomic E-state index is 0.0169. The standard InChI is InChI=1S/C12H17NO2S/c14-10-8-2-1-3-9(8)11(15)13(10)6-12(7-16)4-5-12/h8-9,16H,1-7H2. The molecule has 88 valence electrons. The summed E-state index contributed by atoms with van der Waals surface area (Å²) in [5.41, 5.74) is 0.160. The van der Waals surface area contributed by atoms with Gasteiger partial charge in [0.25, 0.3) is 0 Å². The fraction of sp³-hybridized carbons (Fsp3) is 0.833. The van der Waals surface area contributed by atoms with Crippen LogP contribution in [0.5, 0.6) is 0 Å². The van der Waals surface area contributed by atoms with Crippen LogP contribution < -0.4 is 0 Å². The second kappa shape index (κ2) is 3.49. The van der Waals surface area contributed by atoms with Gasteiger partial charge < -0.3 is 0 Å². The van der Waals surface area contributed by atoms with Gasteiger partial charge in [0.1, 0.15) is 0 Å². The lowest BCUT2D eigenvalue weighted by Gasteiger charge is -2.21. The zero-order chi connectivity index (χ0) is 11.3. The maximum absolute atomic E-state index is 12.1. The lowest BCUT2D eigenvalue weighted by Crippen LogP contribution is -2.37. The molecule has 0 bridgehead atoms. The molecule has 0 aromatic heterocycles. The van der Waals surface area contributed by atoms with Crippen molar-refractivity contribution in [3.05, 3.63) is 0 Å². The highest BCUT2D eigenvalue weighted by atomic mass is 32.1. The van der Waals surface area contributed by atoms with Crippen LogP contribution in [-0.4, -0.2) is 29.0 Å². The molecular formula is C12H17NO2S. The van der Waals surface area contributed by atoms with Crippen LogP contribution in [0, 0.1) is 17.3 Å². The van der Waals surface area contributed by atoms with E-state index in [1.165, 1.54) is 4.90 Å². The second-order valence-electron chi connectivity index (χ2n) is 5.56. The summed E-state index contributed by atoms with van der Waals surface area (Å²) in [6, 6.07) is 0. The van der Waals surface area contributed by atoms with Crippen molar-refractivity contribution in [3.8, 4) is 0 Å². The molecule has 2 atom stereocenters. The number of likely N-dealkylation sites (tertiary alicyclic amines) is 1. The van der Waals surface area contributed by atoms with E-state index in [4.69, 9.17) is 0 Å². The van der Waals surface area contributed by atoms with E-state index >= 15 is 0 Å². The SMILES string of the molecule is O=C1C2CCCC2C(=O)N1CC1(CS)CC1. The quantitative estimate of drug-likeness (QED) is 0.598. The Hall–Kier alpha value is -0.510. The fourth-order valence-corrected chi connectivity index (χ4v) is 3.51. The molecule has 2 amide bonds. The van der Waals surface area contributed by atoms with Gasteiger partial charge in [-0.05, 0) is 36.9 Å². The molecule has 2 saturated carbocycles. The number of carbonyl (C=O) groups excluding carboxylic acids is 2. The average molecular weight is 239 g/mol. The number of hydrogen-bond acceptors (Lipinski definition) is 3. The van der Waals surface area contributed by atoms with Gasteiger partial charge in [0.2, 0.25) is 11.8 Å². The Balaban J connectivity index is 1.76. The number of imide groups is 1. The summed E-state index contributed by atoms with van der Waals surface area (Å²) in [5, 5.41) is 0. The predicted molar refractivity (Wildman–Crippen MR) is 63.1 cm³/mol. The lowest BCUT2D eigenvalue weighted by molar-refractivity contribution is -0.141. The van der Waals surface area contributed by atoms with E-state index in [2.05, 4.69) is 12.6 Å². The number of amides is 2. The Morgan fingerprint density at radius 3 is 2.19 bits per heavy atom. The van der Waals surface area contributed by atoms with Crippen LogP contribution in [0.2, 0.25) is 0 Å². The third-order valence-electron chi connectivity index (χ3n) is 4.47. The molecule has 3 aliphatic rings. The first-order valence-corrected chi connectivity index (χ1v) is 6.76. The second-order valence-corrected chi connectivity index (χ2v) is 5.88. The molecule has 16 heavy (non-hydrogen) atoms. The molecule has 0 spiro atoms. The Morgan fingerprint density at radius 1 is 1.19 bits per heavy atom. The van der Waals surface area contributed by atoms with Crippen molar-refractivity contribution >= 4 is 24.4 Å². The van der Waals surface area contributed by atoms with Gasteiger partial charge in [-0.15, -0.1) is 0 Å². The molecule has 4 heteroatoms. The maximum atomic E-state index is 12.1. The van der Waals surface area contributed by atoms with E-state index in [0.717, 1.165) is 37.9 Å². The van der Waals surface area contributed by atoms with E-state index in [-0.39, 0.29) is 29.1 Å². The van der Waals surface area contributed by atoms with Crippen LogP contribution in [0.25, 0.3) is 0 Å². The maximum Gasteiger partial charge on any atom is 0.233 e. The van der Waals surface area contributed by atoms with E-state index in [1.807, 2.05) is 0 Å². The first-order chi connectivity index (χ1) is 7.67. The number of nitrogens with zero attached hydrogens (tertiary/aromatic N) is 1. The summed E-state index contributed by atoms with van der Waals surface area (Å²) < 4.78 is 0. The summed E-state index contributed by atoms with van der Waals surface area (Å²) in [4.78, 5) is 25.7. The Kier molecular flexibility index (Phi) is 2.32. The number of hydrogen-bond donors (Lipinski definition) is 1. The number of fused-ring (bicyclic) bond motifs is 1. The zero-order valence-electron chi connectivity index (χ0n) is 9.32. The molecule has 1 saturated heterocycles. The van der Waals surface area contributed by atoms with E-state index in [0.29, 0.717) is 6.54 Å². The van der Waals surface area contributed by atoms with Crippen LogP contribution in [-0.2, 0) is 9.59 Å². The Bertz CT molecular complexity index is 329. The van der Waals surface area contributed by atoms with E-state index in [1.54, 1.807) is 0 Å². The van der Waals surface area contributed by atoms with Crippen LogP contribution in [0.15, 0.2) is 0 Å². The normalized spacial score (nSPS) is 35.7. The lowest BCUT2D eigenvalue weighted by atomic mass is 10.00. The molecule has 1 aliphatic heterocycles. The summed E-state index contributed by atoms with van der Waals surface area (Å²) in [7, 11) is 0. The van der Waals surface area contributed by atoms with Crippen molar-refractivity contribution in [1.82, 2.24) is 4.90 Å². The highest BCUT2D eigenvalue weighted by molar-refractivity contribution is 7.80.